The lowest BCUT2D eigenvalue weighted by atomic mass is 10.1. The quantitative estimate of drug-likeness (QED) is 0.544. The standard InChI is InChI=1S/C17H11ClF4N2O3/c18-12-5-9(6-23-13(12)27-8-17(21,22)16(19)20)7-24-14(25)10-3-1-2-4-11(10)15(24)26/h1-6,16H,7-8H2. The molecule has 0 spiro atoms. The van der Waals surface area contributed by atoms with E-state index in [0.717, 1.165) is 11.1 Å². The van der Waals surface area contributed by atoms with Crippen LogP contribution in [0.15, 0.2) is 36.5 Å². The Bertz CT molecular complexity index is 872. The summed E-state index contributed by atoms with van der Waals surface area (Å²) in [5.41, 5.74) is 0.883. The molecule has 0 N–H and O–H groups in total. The van der Waals surface area contributed by atoms with E-state index in [0.29, 0.717) is 5.56 Å². The summed E-state index contributed by atoms with van der Waals surface area (Å²) in [5, 5.41) is -0.214. The van der Waals surface area contributed by atoms with Gasteiger partial charge in [-0.1, -0.05) is 23.7 Å². The van der Waals surface area contributed by atoms with Crippen LogP contribution < -0.4 is 4.74 Å². The number of rotatable bonds is 6. The van der Waals surface area contributed by atoms with E-state index in [-0.39, 0.29) is 22.7 Å². The number of hydrogen-bond donors (Lipinski definition) is 0. The zero-order valence-electron chi connectivity index (χ0n) is 13.5. The zero-order chi connectivity index (χ0) is 19.8. The first-order chi connectivity index (χ1) is 12.7. The Labute approximate surface area is 155 Å². The molecule has 1 aromatic heterocycles. The van der Waals surface area contributed by atoms with E-state index < -0.39 is 36.6 Å². The Morgan fingerprint density at radius 2 is 1.74 bits per heavy atom. The van der Waals surface area contributed by atoms with Crippen molar-refractivity contribution in [1.29, 1.82) is 0 Å². The molecule has 1 aliphatic rings. The molecule has 0 bridgehead atoms. The lowest BCUT2D eigenvalue weighted by molar-refractivity contribution is -0.148. The second-order valence-corrected chi connectivity index (χ2v) is 6.13. The van der Waals surface area contributed by atoms with Gasteiger partial charge in [0.1, 0.15) is 5.02 Å². The Hall–Kier alpha value is -2.68. The maximum absolute atomic E-state index is 12.9. The summed E-state index contributed by atoms with van der Waals surface area (Å²) in [5.74, 6) is -5.76. The molecular formula is C17H11ClF4N2O3. The number of fused-ring (bicyclic) bond motifs is 1. The largest absolute Gasteiger partial charge is 0.470 e. The molecule has 0 saturated carbocycles. The highest BCUT2D eigenvalue weighted by atomic mass is 35.5. The predicted molar refractivity (Wildman–Crippen MR) is 86.3 cm³/mol. The first kappa shape index (κ1) is 19.1. The van der Waals surface area contributed by atoms with Crippen LogP contribution in [-0.2, 0) is 6.54 Å². The average molecular weight is 403 g/mol. The van der Waals surface area contributed by atoms with E-state index in [1.165, 1.54) is 18.2 Å². The summed E-state index contributed by atoms with van der Waals surface area (Å²) in [4.78, 5) is 29.3. The number of carbonyl (C=O) groups is 2. The Morgan fingerprint density at radius 3 is 2.26 bits per heavy atom. The number of ether oxygens (including phenoxy) is 1. The van der Waals surface area contributed by atoms with E-state index in [2.05, 4.69) is 9.72 Å². The molecule has 0 atom stereocenters. The number of alkyl halides is 4. The number of halogens is 5. The van der Waals surface area contributed by atoms with Crippen molar-refractivity contribution in [2.24, 2.45) is 0 Å². The fraction of sp³-hybridized carbons (Fsp3) is 0.235. The summed E-state index contributed by atoms with van der Waals surface area (Å²) < 4.78 is 54.6. The Balaban J connectivity index is 1.72. The van der Waals surface area contributed by atoms with Gasteiger partial charge in [-0.3, -0.25) is 14.5 Å². The van der Waals surface area contributed by atoms with E-state index in [1.807, 2.05) is 0 Å². The molecule has 2 amide bonds. The summed E-state index contributed by atoms with van der Waals surface area (Å²) in [6.45, 7) is -1.73. The van der Waals surface area contributed by atoms with Gasteiger partial charge >= 0.3 is 12.3 Å². The molecule has 0 aliphatic carbocycles. The van der Waals surface area contributed by atoms with Gasteiger partial charge in [-0.05, 0) is 23.8 Å². The fourth-order valence-electron chi connectivity index (χ4n) is 2.45. The van der Waals surface area contributed by atoms with Crippen LogP contribution in [0.5, 0.6) is 5.88 Å². The number of aromatic nitrogens is 1. The van der Waals surface area contributed by atoms with Gasteiger partial charge in [0, 0.05) is 6.20 Å². The molecule has 0 radical (unpaired) electrons. The summed E-state index contributed by atoms with van der Waals surface area (Å²) in [6.07, 6.45) is -2.73. The maximum atomic E-state index is 12.9. The monoisotopic (exact) mass is 402 g/mol. The highest BCUT2D eigenvalue weighted by Crippen LogP contribution is 2.29. The van der Waals surface area contributed by atoms with Crippen molar-refractivity contribution in [3.05, 3.63) is 58.2 Å². The van der Waals surface area contributed by atoms with Crippen LogP contribution in [0.1, 0.15) is 26.3 Å². The van der Waals surface area contributed by atoms with Gasteiger partial charge in [0.2, 0.25) is 5.88 Å². The van der Waals surface area contributed by atoms with E-state index in [1.54, 1.807) is 12.1 Å². The number of pyridine rings is 1. The number of amides is 2. The lowest BCUT2D eigenvalue weighted by Gasteiger charge is -2.17. The minimum absolute atomic E-state index is 0.146. The third kappa shape index (κ3) is 3.73. The average Bonchev–Trinajstić information content (AvgIpc) is 2.86. The highest BCUT2D eigenvalue weighted by Gasteiger charge is 2.42. The van der Waals surface area contributed by atoms with E-state index in [4.69, 9.17) is 11.6 Å². The second-order valence-electron chi connectivity index (χ2n) is 5.72. The number of hydrogen-bond acceptors (Lipinski definition) is 4. The summed E-state index contributed by atoms with van der Waals surface area (Å²) >= 11 is 5.88. The summed E-state index contributed by atoms with van der Waals surface area (Å²) in [6, 6.07) is 7.58. The van der Waals surface area contributed by atoms with E-state index in [9.17, 15) is 27.2 Å². The van der Waals surface area contributed by atoms with Crippen LogP contribution in [0.4, 0.5) is 17.6 Å². The smallest absolute Gasteiger partial charge is 0.340 e. The van der Waals surface area contributed by atoms with Gasteiger partial charge < -0.3 is 4.74 Å². The Kier molecular flexibility index (Phi) is 5.05. The first-order valence-corrected chi connectivity index (χ1v) is 7.97. The minimum Gasteiger partial charge on any atom is -0.470 e. The molecule has 2 heterocycles. The van der Waals surface area contributed by atoms with Crippen molar-refractivity contribution in [3.8, 4) is 5.88 Å². The minimum atomic E-state index is -4.34. The van der Waals surface area contributed by atoms with Crippen molar-refractivity contribution >= 4 is 23.4 Å². The zero-order valence-corrected chi connectivity index (χ0v) is 14.2. The van der Waals surface area contributed by atoms with Gasteiger partial charge in [0.15, 0.2) is 6.61 Å². The molecule has 27 heavy (non-hydrogen) atoms. The van der Waals surface area contributed by atoms with Crippen LogP contribution >= 0.6 is 11.6 Å². The first-order valence-electron chi connectivity index (χ1n) is 7.59. The van der Waals surface area contributed by atoms with Crippen LogP contribution in [0.2, 0.25) is 5.02 Å². The third-order valence-electron chi connectivity index (χ3n) is 3.80. The molecule has 142 valence electrons. The highest BCUT2D eigenvalue weighted by molar-refractivity contribution is 6.31. The molecule has 0 fully saturated rings. The van der Waals surface area contributed by atoms with Crippen LogP contribution in [0, 0.1) is 0 Å². The normalized spacial score (nSPS) is 14.1. The maximum Gasteiger partial charge on any atom is 0.340 e. The van der Waals surface area contributed by atoms with E-state index >= 15 is 0 Å². The molecular weight excluding hydrogens is 392 g/mol. The third-order valence-corrected chi connectivity index (χ3v) is 4.07. The van der Waals surface area contributed by atoms with Crippen molar-refractivity contribution < 1.29 is 31.9 Å². The topological polar surface area (TPSA) is 59.5 Å². The summed E-state index contributed by atoms with van der Waals surface area (Å²) in [7, 11) is 0. The van der Waals surface area contributed by atoms with Gasteiger partial charge in [-0.25, -0.2) is 13.8 Å². The van der Waals surface area contributed by atoms with Crippen molar-refractivity contribution in [2.75, 3.05) is 6.61 Å². The van der Waals surface area contributed by atoms with Gasteiger partial charge in [0.05, 0.1) is 17.7 Å². The van der Waals surface area contributed by atoms with Crippen LogP contribution in [-0.4, -0.2) is 40.7 Å². The van der Waals surface area contributed by atoms with Gasteiger partial charge in [-0.15, -0.1) is 0 Å². The SMILES string of the molecule is O=C1c2ccccc2C(=O)N1Cc1cnc(OCC(F)(F)C(F)F)c(Cl)c1. The molecule has 2 aromatic rings. The predicted octanol–water partition coefficient (Wildman–Crippen LogP) is 3.81. The Morgan fingerprint density at radius 1 is 1.15 bits per heavy atom. The second kappa shape index (κ2) is 7.15. The number of benzene rings is 1. The number of nitrogens with zero attached hydrogens (tertiary/aromatic N) is 2. The number of carbonyl (C=O) groups excluding carboxylic acids is 2. The molecule has 0 saturated heterocycles. The van der Waals surface area contributed by atoms with Crippen LogP contribution in [0.25, 0.3) is 0 Å². The van der Waals surface area contributed by atoms with Gasteiger partial charge in [-0.2, -0.15) is 8.78 Å². The van der Waals surface area contributed by atoms with Crippen molar-refractivity contribution in [3.63, 3.8) is 0 Å². The molecule has 1 aromatic carbocycles. The van der Waals surface area contributed by atoms with Crippen LogP contribution in [0.3, 0.4) is 0 Å². The molecule has 5 nitrogen and oxygen atoms in total. The molecule has 3 rings (SSSR count). The molecule has 0 unspecified atom stereocenters. The van der Waals surface area contributed by atoms with Crippen molar-refractivity contribution in [1.82, 2.24) is 9.88 Å². The fourth-order valence-corrected chi connectivity index (χ4v) is 2.69. The molecule has 10 heteroatoms. The number of imide groups is 1. The van der Waals surface area contributed by atoms with Gasteiger partial charge in [0.25, 0.3) is 11.8 Å². The van der Waals surface area contributed by atoms with Crippen molar-refractivity contribution in [2.45, 2.75) is 18.9 Å². The molecule has 1 aliphatic heterocycles. The lowest BCUT2D eigenvalue weighted by Crippen LogP contribution is -2.34.